The molecule has 0 spiro atoms. The van der Waals surface area contributed by atoms with Crippen molar-refractivity contribution in [3.8, 4) is 0 Å². The number of methoxy groups -OCH3 is 1. The van der Waals surface area contributed by atoms with Gasteiger partial charge in [-0.25, -0.2) is 9.59 Å². The van der Waals surface area contributed by atoms with Gasteiger partial charge in [0.15, 0.2) is 12.4 Å². The zero-order valence-electron chi connectivity index (χ0n) is 15.0. The van der Waals surface area contributed by atoms with Crippen molar-refractivity contribution in [1.82, 2.24) is 0 Å². The van der Waals surface area contributed by atoms with Crippen molar-refractivity contribution in [2.45, 2.75) is 38.5 Å². The van der Waals surface area contributed by atoms with Crippen molar-refractivity contribution in [2.24, 2.45) is 23.2 Å². The largest absolute Gasteiger partial charge is 0.465 e. The van der Waals surface area contributed by atoms with E-state index in [4.69, 9.17) is 9.47 Å². The molecular weight excluding hydrogens is 332 g/mol. The molecule has 0 unspecified atom stereocenters. The first-order valence-corrected chi connectivity index (χ1v) is 9.38. The Kier molecular flexibility index (Phi) is 4.33. The Morgan fingerprint density at radius 1 is 0.923 bits per heavy atom. The van der Waals surface area contributed by atoms with Crippen LogP contribution in [0, 0.1) is 23.2 Å². The fraction of sp³-hybridized carbons (Fsp3) is 0.571. The predicted octanol–water partition coefficient (Wildman–Crippen LogP) is 3.42. The van der Waals surface area contributed by atoms with Gasteiger partial charge in [-0.2, -0.15) is 0 Å². The van der Waals surface area contributed by atoms with Gasteiger partial charge in [0.2, 0.25) is 0 Å². The maximum absolute atomic E-state index is 12.9. The highest BCUT2D eigenvalue weighted by molar-refractivity contribution is 6.03. The summed E-state index contributed by atoms with van der Waals surface area (Å²) in [6.07, 6.45) is 6.65. The molecule has 4 fully saturated rings. The summed E-state index contributed by atoms with van der Waals surface area (Å²) < 4.78 is 10.0. The lowest BCUT2D eigenvalue weighted by atomic mass is 9.48. The molecule has 0 atom stereocenters. The predicted molar refractivity (Wildman–Crippen MR) is 93.7 cm³/mol. The molecule has 138 valence electrons. The monoisotopic (exact) mass is 356 g/mol. The van der Waals surface area contributed by atoms with E-state index in [-0.39, 0.29) is 28.9 Å². The lowest BCUT2D eigenvalue weighted by Gasteiger charge is -2.55. The summed E-state index contributed by atoms with van der Waals surface area (Å²) in [5.41, 5.74) is 0.0107. The Balaban J connectivity index is 1.44. The molecule has 4 bridgehead atoms. The molecule has 0 heterocycles. The first-order chi connectivity index (χ1) is 12.5. The molecule has 5 heteroatoms. The Morgan fingerprint density at radius 3 is 1.92 bits per heavy atom. The second kappa shape index (κ2) is 6.53. The molecule has 4 aliphatic rings. The highest BCUT2D eigenvalue weighted by atomic mass is 16.5. The molecule has 0 aromatic heterocycles. The van der Waals surface area contributed by atoms with Crippen LogP contribution in [0.15, 0.2) is 24.3 Å². The minimum Gasteiger partial charge on any atom is -0.465 e. The van der Waals surface area contributed by atoms with Crippen LogP contribution in [0.1, 0.15) is 59.2 Å². The van der Waals surface area contributed by atoms with Gasteiger partial charge in [-0.05, 0) is 68.4 Å². The Labute approximate surface area is 153 Å². The smallest absolute Gasteiger partial charge is 0.339 e. The van der Waals surface area contributed by atoms with E-state index in [1.165, 1.54) is 38.5 Å². The fourth-order valence-electron chi connectivity index (χ4n) is 5.76. The van der Waals surface area contributed by atoms with Crippen LogP contribution in [-0.2, 0) is 14.3 Å². The van der Waals surface area contributed by atoms with Crippen molar-refractivity contribution in [3.63, 3.8) is 0 Å². The van der Waals surface area contributed by atoms with Gasteiger partial charge in [-0.1, -0.05) is 12.1 Å². The molecule has 0 saturated heterocycles. The van der Waals surface area contributed by atoms with Gasteiger partial charge in [0, 0.05) is 5.41 Å². The Morgan fingerprint density at radius 2 is 1.42 bits per heavy atom. The molecule has 0 radical (unpaired) electrons. The third kappa shape index (κ3) is 2.93. The van der Waals surface area contributed by atoms with Crippen LogP contribution >= 0.6 is 0 Å². The summed E-state index contributed by atoms with van der Waals surface area (Å²) in [5.74, 6) is 0.817. The minimum absolute atomic E-state index is 0.0560. The number of esters is 2. The number of benzene rings is 1. The normalized spacial score (nSPS) is 31.5. The van der Waals surface area contributed by atoms with Gasteiger partial charge in [0.25, 0.3) is 0 Å². The maximum atomic E-state index is 12.9. The summed E-state index contributed by atoms with van der Waals surface area (Å²) in [7, 11) is 1.26. The van der Waals surface area contributed by atoms with Crippen LogP contribution in [0.4, 0.5) is 0 Å². The van der Waals surface area contributed by atoms with Gasteiger partial charge in [-0.15, -0.1) is 0 Å². The van der Waals surface area contributed by atoms with E-state index in [2.05, 4.69) is 0 Å². The van der Waals surface area contributed by atoms with E-state index in [1.54, 1.807) is 12.1 Å². The van der Waals surface area contributed by atoms with E-state index in [1.807, 2.05) is 0 Å². The maximum Gasteiger partial charge on any atom is 0.339 e. The number of carbonyl (C=O) groups is 3. The fourth-order valence-corrected chi connectivity index (χ4v) is 5.76. The van der Waals surface area contributed by atoms with Crippen molar-refractivity contribution >= 4 is 17.7 Å². The molecule has 5 nitrogen and oxygen atoms in total. The molecular formula is C21H24O5. The van der Waals surface area contributed by atoms with Crippen molar-refractivity contribution in [1.29, 1.82) is 0 Å². The number of hydrogen-bond acceptors (Lipinski definition) is 5. The van der Waals surface area contributed by atoms with E-state index in [0.29, 0.717) is 17.8 Å². The van der Waals surface area contributed by atoms with E-state index in [0.717, 1.165) is 19.3 Å². The van der Waals surface area contributed by atoms with Gasteiger partial charge < -0.3 is 9.47 Å². The highest BCUT2D eigenvalue weighted by Crippen LogP contribution is 2.60. The number of Topliss-reactive ketones (excluding diaryl/α,β-unsaturated/α-hetero) is 1. The van der Waals surface area contributed by atoms with Crippen LogP contribution in [0.25, 0.3) is 0 Å². The number of rotatable bonds is 5. The van der Waals surface area contributed by atoms with E-state index >= 15 is 0 Å². The van der Waals surface area contributed by atoms with Gasteiger partial charge in [-0.3, -0.25) is 4.79 Å². The third-order valence-corrected chi connectivity index (χ3v) is 6.52. The summed E-state index contributed by atoms with van der Waals surface area (Å²) in [6.45, 7) is -0.208. The standard InChI is InChI=1S/C21H24O5/c1-25-19(23)16-4-2-3-5-17(16)20(24)26-12-18(22)21-9-13-6-14(10-21)8-15(7-13)11-21/h2-5,13-15H,6-12H2,1H3. The van der Waals surface area contributed by atoms with Crippen LogP contribution in [0.2, 0.25) is 0 Å². The van der Waals surface area contributed by atoms with Crippen LogP contribution < -0.4 is 0 Å². The summed E-state index contributed by atoms with van der Waals surface area (Å²) in [4.78, 5) is 37.2. The zero-order chi connectivity index (χ0) is 18.3. The van der Waals surface area contributed by atoms with Crippen molar-refractivity contribution < 1.29 is 23.9 Å². The third-order valence-electron chi connectivity index (χ3n) is 6.52. The molecule has 0 aliphatic heterocycles. The highest BCUT2D eigenvalue weighted by Gasteiger charge is 2.54. The average molecular weight is 356 g/mol. The van der Waals surface area contributed by atoms with Crippen LogP contribution in [0.5, 0.6) is 0 Å². The molecule has 4 aliphatic carbocycles. The quantitative estimate of drug-likeness (QED) is 0.756. The first-order valence-electron chi connectivity index (χ1n) is 9.38. The molecule has 0 N–H and O–H groups in total. The van der Waals surface area contributed by atoms with Crippen LogP contribution in [0.3, 0.4) is 0 Å². The van der Waals surface area contributed by atoms with Crippen molar-refractivity contribution in [3.05, 3.63) is 35.4 Å². The topological polar surface area (TPSA) is 69.7 Å². The van der Waals surface area contributed by atoms with E-state index in [9.17, 15) is 14.4 Å². The lowest BCUT2D eigenvalue weighted by molar-refractivity contribution is -0.147. The Bertz CT molecular complexity index is 715. The molecule has 0 amide bonds. The second-order valence-corrected chi connectivity index (χ2v) is 8.23. The minimum atomic E-state index is -0.649. The molecule has 26 heavy (non-hydrogen) atoms. The van der Waals surface area contributed by atoms with Crippen LogP contribution in [-0.4, -0.2) is 31.4 Å². The summed E-state index contributed by atoms with van der Waals surface area (Å²) >= 11 is 0. The summed E-state index contributed by atoms with van der Waals surface area (Å²) in [5, 5.41) is 0. The molecule has 1 aromatic carbocycles. The van der Waals surface area contributed by atoms with Gasteiger partial charge >= 0.3 is 11.9 Å². The first kappa shape index (κ1) is 17.3. The summed E-state index contributed by atoms with van der Waals surface area (Å²) in [6, 6.07) is 6.35. The number of hydrogen-bond donors (Lipinski definition) is 0. The Hall–Kier alpha value is -2.17. The number of ketones is 1. The lowest BCUT2D eigenvalue weighted by Crippen LogP contribution is -2.51. The number of carbonyl (C=O) groups excluding carboxylic acids is 3. The molecule has 1 aromatic rings. The zero-order valence-corrected chi connectivity index (χ0v) is 15.0. The van der Waals surface area contributed by atoms with Gasteiger partial charge in [0.1, 0.15) is 0 Å². The SMILES string of the molecule is COC(=O)c1ccccc1C(=O)OCC(=O)C12CC3CC(CC(C3)C1)C2. The van der Waals surface area contributed by atoms with E-state index < -0.39 is 11.9 Å². The van der Waals surface area contributed by atoms with Gasteiger partial charge in [0.05, 0.1) is 18.2 Å². The molecule has 4 saturated carbocycles. The molecule has 5 rings (SSSR count). The number of ether oxygens (including phenoxy) is 2. The van der Waals surface area contributed by atoms with Crippen molar-refractivity contribution in [2.75, 3.05) is 13.7 Å². The average Bonchev–Trinajstić information content (AvgIpc) is 2.64. The second-order valence-electron chi connectivity index (χ2n) is 8.23.